The molecule has 6 nitrogen and oxygen atoms in total. The molecule has 0 radical (unpaired) electrons. The minimum Gasteiger partial charge on any atom is -0.375 e. The van der Waals surface area contributed by atoms with Gasteiger partial charge in [0, 0.05) is 6.20 Å². The molecule has 1 aromatic heterocycles. The fraction of sp³-hybridized carbons (Fsp3) is 0.182. The van der Waals surface area contributed by atoms with Gasteiger partial charge in [0.15, 0.2) is 0 Å². The van der Waals surface area contributed by atoms with Gasteiger partial charge >= 0.3 is 0 Å². The van der Waals surface area contributed by atoms with Crippen molar-refractivity contribution < 1.29 is 13.2 Å². The summed E-state index contributed by atoms with van der Waals surface area (Å²) in [5, 5.41) is 5.73. The summed E-state index contributed by atoms with van der Waals surface area (Å²) in [6, 6.07) is 17.4. The number of amides is 1. The van der Waals surface area contributed by atoms with E-state index in [0.717, 1.165) is 11.3 Å². The van der Waals surface area contributed by atoms with Crippen LogP contribution in [0.25, 0.3) is 0 Å². The number of anilines is 1. The number of sulfone groups is 1. The fourth-order valence-electron chi connectivity index (χ4n) is 2.91. The normalized spacial score (nSPS) is 11.1. The number of benzene rings is 2. The third kappa shape index (κ3) is 5.00. The quantitative estimate of drug-likeness (QED) is 0.625. The van der Waals surface area contributed by atoms with Gasteiger partial charge in [-0.15, -0.1) is 0 Å². The number of hydrogen-bond acceptors (Lipinski definition) is 5. The largest absolute Gasteiger partial charge is 0.375 e. The lowest BCUT2D eigenvalue weighted by Gasteiger charge is -2.15. The molecule has 3 aromatic rings. The van der Waals surface area contributed by atoms with Crippen molar-refractivity contribution in [1.82, 2.24) is 10.3 Å². The third-order valence-electron chi connectivity index (χ3n) is 4.44. The highest BCUT2D eigenvalue weighted by Gasteiger charge is 2.23. The zero-order chi connectivity index (χ0) is 20.9. The molecule has 29 heavy (non-hydrogen) atoms. The summed E-state index contributed by atoms with van der Waals surface area (Å²) in [6.07, 6.45) is 1.66. The molecule has 0 aliphatic rings. The number of carbonyl (C=O) groups excluding carboxylic acids is 1. The van der Waals surface area contributed by atoms with Crippen LogP contribution in [0.2, 0.25) is 0 Å². The minimum atomic E-state index is -3.72. The molecule has 2 aromatic carbocycles. The number of pyridine rings is 1. The van der Waals surface area contributed by atoms with Gasteiger partial charge in [-0.1, -0.05) is 35.9 Å². The third-order valence-corrected chi connectivity index (χ3v) is 6.42. The molecule has 1 heterocycles. The predicted molar refractivity (Wildman–Crippen MR) is 112 cm³/mol. The highest BCUT2D eigenvalue weighted by atomic mass is 32.2. The Morgan fingerprint density at radius 3 is 2.41 bits per heavy atom. The predicted octanol–water partition coefficient (Wildman–Crippen LogP) is 3.26. The first kappa shape index (κ1) is 20.5. The average molecular weight is 410 g/mol. The van der Waals surface area contributed by atoms with E-state index in [1.54, 1.807) is 61.7 Å². The van der Waals surface area contributed by atoms with Crippen molar-refractivity contribution in [2.24, 2.45) is 0 Å². The highest BCUT2D eigenvalue weighted by Crippen LogP contribution is 2.30. The lowest BCUT2D eigenvalue weighted by Crippen LogP contribution is -2.30. The van der Waals surface area contributed by atoms with Crippen molar-refractivity contribution in [2.45, 2.75) is 30.2 Å². The zero-order valence-electron chi connectivity index (χ0n) is 16.3. The number of rotatable bonds is 7. The Kier molecular flexibility index (Phi) is 6.29. The molecular weight excluding hydrogens is 386 g/mol. The van der Waals surface area contributed by atoms with Crippen LogP contribution in [0.1, 0.15) is 16.8 Å². The van der Waals surface area contributed by atoms with Crippen LogP contribution in [0, 0.1) is 13.8 Å². The van der Waals surface area contributed by atoms with Crippen molar-refractivity contribution in [1.29, 1.82) is 0 Å². The van der Waals surface area contributed by atoms with Crippen LogP contribution < -0.4 is 10.6 Å². The van der Waals surface area contributed by atoms with Crippen molar-refractivity contribution in [3.63, 3.8) is 0 Å². The molecule has 0 atom stereocenters. The van der Waals surface area contributed by atoms with Crippen LogP contribution in [0.3, 0.4) is 0 Å². The van der Waals surface area contributed by atoms with Crippen LogP contribution in [0.4, 0.5) is 5.69 Å². The molecule has 0 bridgehead atoms. The molecule has 1 amide bonds. The van der Waals surface area contributed by atoms with Gasteiger partial charge in [0.25, 0.3) is 0 Å². The minimum absolute atomic E-state index is 0.0489. The molecule has 0 aliphatic heterocycles. The van der Waals surface area contributed by atoms with Crippen LogP contribution in [-0.2, 0) is 21.2 Å². The monoisotopic (exact) mass is 409 g/mol. The van der Waals surface area contributed by atoms with E-state index < -0.39 is 9.84 Å². The molecule has 0 saturated carbocycles. The van der Waals surface area contributed by atoms with Crippen LogP contribution in [0.5, 0.6) is 0 Å². The van der Waals surface area contributed by atoms with Crippen molar-refractivity contribution in [2.75, 3.05) is 11.9 Å². The maximum atomic E-state index is 13.2. The first-order chi connectivity index (χ1) is 13.9. The molecule has 2 N–H and O–H groups in total. The van der Waals surface area contributed by atoms with Gasteiger partial charge in [-0.25, -0.2) is 8.42 Å². The summed E-state index contributed by atoms with van der Waals surface area (Å²) in [7, 11) is -3.72. The Bertz CT molecular complexity index is 1100. The Morgan fingerprint density at radius 1 is 0.966 bits per heavy atom. The average Bonchev–Trinajstić information content (AvgIpc) is 2.71. The molecule has 0 unspecified atom stereocenters. The number of nitrogens with one attached hydrogen (secondary N) is 2. The second-order valence-corrected chi connectivity index (χ2v) is 8.61. The molecule has 0 fully saturated rings. The molecule has 150 valence electrons. The van der Waals surface area contributed by atoms with E-state index in [2.05, 4.69) is 15.6 Å². The maximum absolute atomic E-state index is 13.2. The van der Waals surface area contributed by atoms with Gasteiger partial charge in [0.1, 0.15) is 0 Å². The lowest BCUT2D eigenvalue weighted by molar-refractivity contribution is -0.119. The maximum Gasteiger partial charge on any atom is 0.239 e. The van der Waals surface area contributed by atoms with Crippen LogP contribution in [0.15, 0.2) is 76.7 Å². The van der Waals surface area contributed by atoms with Gasteiger partial charge in [-0.3, -0.25) is 9.78 Å². The Balaban J connectivity index is 1.76. The Labute approximate surface area is 170 Å². The Hall–Kier alpha value is -3.19. The molecule has 0 aliphatic carbocycles. The van der Waals surface area contributed by atoms with Crippen LogP contribution in [-0.4, -0.2) is 25.9 Å². The van der Waals surface area contributed by atoms with Gasteiger partial charge in [0.05, 0.1) is 34.3 Å². The van der Waals surface area contributed by atoms with Gasteiger partial charge in [-0.05, 0) is 49.7 Å². The van der Waals surface area contributed by atoms with E-state index in [0.29, 0.717) is 17.8 Å². The van der Waals surface area contributed by atoms with Crippen molar-refractivity contribution >= 4 is 21.4 Å². The smallest absolute Gasteiger partial charge is 0.239 e. The summed E-state index contributed by atoms with van der Waals surface area (Å²) >= 11 is 0. The Morgan fingerprint density at radius 2 is 1.72 bits per heavy atom. The van der Waals surface area contributed by atoms with Crippen molar-refractivity contribution in [3.05, 3.63) is 83.7 Å². The second kappa shape index (κ2) is 8.87. The standard InChI is InChI=1S/C22H23N3O3S/c1-16-9-11-19(12-10-16)29(27,28)22-17(2)6-5-8-20(22)24-15-21(26)25-14-18-7-3-4-13-23-18/h3-13,24H,14-15H2,1-2H3,(H,25,26). The van der Waals surface area contributed by atoms with Gasteiger partial charge < -0.3 is 10.6 Å². The summed E-state index contributed by atoms with van der Waals surface area (Å²) in [5.41, 5.74) is 2.75. The summed E-state index contributed by atoms with van der Waals surface area (Å²) in [6.45, 7) is 3.91. The van der Waals surface area contributed by atoms with E-state index in [1.165, 1.54) is 0 Å². The van der Waals surface area contributed by atoms with E-state index in [9.17, 15) is 13.2 Å². The van der Waals surface area contributed by atoms with E-state index >= 15 is 0 Å². The number of aryl methyl sites for hydroxylation is 2. The summed E-state index contributed by atoms with van der Waals surface area (Å²) in [5.74, 6) is -0.254. The topological polar surface area (TPSA) is 88.2 Å². The van der Waals surface area contributed by atoms with E-state index in [4.69, 9.17) is 0 Å². The summed E-state index contributed by atoms with van der Waals surface area (Å²) < 4.78 is 26.4. The summed E-state index contributed by atoms with van der Waals surface area (Å²) in [4.78, 5) is 16.7. The lowest BCUT2D eigenvalue weighted by atomic mass is 10.2. The molecule has 0 spiro atoms. The van der Waals surface area contributed by atoms with Gasteiger partial charge in [0.2, 0.25) is 15.7 Å². The molecule has 7 heteroatoms. The fourth-order valence-corrected chi connectivity index (χ4v) is 4.57. The molecular formula is C22H23N3O3S. The van der Waals surface area contributed by atoms with Gasteiger partial charge in [-0.2, -0.15) is 0 Å². The molecule has 3 rings (SSSR count). The van der Waals surface area contributed by atoms with E-state index in [1.807, 2.05) is 19.1 Å². The first-order valence-electron chi connectivity index (χ1n) is 9.20. The molecule has 0 saturated heterocycles. The number of aromatic nitrogens is 1. The number of nitrogens with zero attached hydrogens (tertiary/aromatic N) is 1. The SMILES string of the molecule is Cc1ccc(S(=O)(=O)c2c(C)cccc2NCC(=O)NCc2ccccn2)cc1. The second-order valence-electron chi connectivity index (χ2n) is 6.72. The number of carbonyl (C=O) groups is 1. The highest BCUT2D eigenvalue weighted by molar-refractivity contribution is 7.91. The van der Waals surface area contributed by atoms with Crippen LogP contribution >= 0.6 is 0 Å². The van der Waals surface area contributed by atoms with Crippen molar-refractivity contribution in [3.8, 4) is 0 Å². The number of hydrogen-bond donors (Lipinski definition) is 2. The zero-order valence-corrected chi connectivity index (χ0v) is 17.2. The van der Waals surface area contributed by atoms with E-state index in [-0.39, 0.29) is 22.2 Å². The first-order valence-corrected chi connectivity index (χ1v) is 10.7.